The summed E-state index contributed by atoms with van der Waals surface area (Å²) >= 11 is 0. The first-order valence-electron chi connectivity index (χ1n) is 12.5. The van der Waals surface area contributed by atoms with Crippen molar-refractivity contribution in [2.24, 2.45) is 16.8 Å². The molecule has 0 saturated carbocycles. The summed E-state index contributed by atoms with van der Waals surface area (Å²) in [5.74, 6) is -1.15. The Morgan fingerprint density at radius 3 is 2.53 bits per heavy atom. The zero-order valence-electron chi connectivity index (χ0n) is 22.2. The number of pyridine rings is 1. The minimum atomic E-state index is -4.51. The summed E-state index contributed by atoms with van der Waals surface area (Å²) in [6.45, 7) is 4.20. The standard InChI is InChI=1S/C26H37F3N6O3/c1-5-7-8-21(25(38)33-16-26(27,28)29)34-24(37)20(15-31-4)12-17(3)11-19(6-2)23(36)35-22-10-9-18(13-30)14-32-22/h9-10,12,14-15,17,19,21,25,33,38H,5-8,11,16H2,1-4H3,(H,34,37)(H,32,35,36)/b20-12+,31-15?/t17?,19-,21?,25?/m1/s1. The van der Waals surface area contributed by atoms with Crippen LogP contribution in [0.5, 0.6) is 0 Å². The molecule has 210 valence electrons. The first-order valence-corrected chi connectivity index (χ1v) is 12.5. The van der Waals surface area contributed by atoms with Crippen molar-refractivity contribution in [3.63, 3.8) is 0 Å². The summed E-state index contributed by atoms with van der Waals surface area (Å²) in [7, 11) is 1.48. The Labute approximate surface area is 221 Å². The van der Waals surface area contributed by atoms with Gasteiger partial charge in [-0.15, -0.1) is 0 Å². The van der Waals surface area contributed by atoms with Crippen molar-refractivity contribution in [2.45, 2.75) is 71.3 Å². The van der Waals surface area contributed by atoms with Crippen molar-refractivity contribution < 1.29 is 27.9 Å². The summed E-state index contributed by atoms with van der Waals surface area (Å²) in [6.07, 6.45) is 0.775. The monoisotopic (exact) mass is 538 g/mol. The van der Waals surface area contributed by atoms with Crippen LogP contribution in [0.25, 0.3) is 0 Å². The van der Waals surface area contributed by atoms with Crippen molar-refractivity contribution >= 4 is 23.8 Å². The Balaban J connectivity index is 2.92. The van der Waals surface area contributed by atoms with Crippen LogP contribution in [0.1, 0.15) is 58.4 Å². The summed E-state index contributed by atoms with van der Waals surface area (Å²) < 4.78 is 37.7. The molecule has 4 atom stereocenters. The van der Waals surface area contributed by atoms with Gasteiger partial charge in [-0.05, 0) is 37.3 Å². The average Bonchev–Trinajstić information content (AvgIpc) is 2.87. The van der Waals surface area contributed by atoms with Gasteiger partial charge in [-0.1, -0.05) is 39.7 Å². The van der Waals surface area contributed by atoms with E-state index in [1.807, 2.05) is 32.2 Å². The van der Waals surface area contributed by atoms with Gasteiger partial charge in [0.05, 0.1) is 23.7 Å². The first-order chi connectivity index (χ1) is 17.9. The molecule has 1 aromatic rings. The third kappa shape index (κ3) is 12.3. The smallest absolute Gasteiger partial charge is 0.376 e. The third-order valence-electron chi connectivity index (χ3n) is 5.74. The highest BCUT2D eigenvalue weighted by Gasteiger charge is 2.30. The molecular weight excluding hydrogens is 501 g/mol. The van der Waals surface area contributed by atoms with Crippen molar-refractivity contribution in [3.05, 3.63) is 35.5 Å². The highest BCUT2D eigenvalue weighted by Crippen LogP contribution is 2.20. The summed E-state index contributed by atoms with van der Waals surface area (Å²) in [5.41, 5.74) is 0.548. The number of aromatic nitrogens is 1. The number of carbonyl (C=O) groups excluding carboxylic acids is 2. The third-order valence-corrected chi connectivity index (χ3v) is 5.74. The summed E-state index contributed by atoms with van der Waals surface area (Å²) in [4.78, 5) is 33.7. The van der Waals surface area contributed by atoms with Crippen molar-refractivity contribution in [1.82, 2.24) is 15.6 Å². The Morgan fingerprint density at radius 2 is 2.00 bits per heavy atom. The van der Waals surface area contributed by atoms with E-state index < -0.39 is 36.8 Å². The number of rotatable bonds is 15. The molecule has 2 amide bonds. The zero-order chi connectivity index (χ0) is 28.7. The average molecular weight is 539 g/mol. The molecule has 3 unspecified atom stereocenters. The Morgan fingerprint density at radius 1 is 1.29 bits per heavy atom. The molecule has 0 radical (unpaired) electrons. The summed E-state index contributed by atoms with van der Waals surface area (Å²) in [6, 6.07) is 4.11. The molecule has 4 N–H and O–H groups in total. The first kappa shape index (κ1) is 32.7. The van der Waals surface area contributed by atoms with E-state index in [-0.39, 0.29) is 23.8 Å². The number of nitriles is 1. The van der Waals surface area contributed by atoms with Gasteiger partial charge in [-0.3, -0.25) is 19.9 Å². The van der Waals surface area contributed by atoms with Gasteiger partial charge in [-0.2, -0.15) is 18.4 Å². The van der Waals surface area contributed by atoms with E-state index in [0.717, 1.165) is 6.42 Å². The number of aliphatic hydroxyl groups excluding tert-OH is 1. The van der Waals surface area contributed by atoms with E-state index in [9.17, 15) is 27.9 Å². The molecule has 0 aromatic carbocycles. The molecule has 0 bridgehead atoms. The normalized spacial score (nSPS) is 15.4. The molecule has 0 aliphatic heterocycles. The number of nitrogens with one attached hydrogen (secondary N) is 3. The number of hydrogen-bond donors (Lipinski definition) is 4. The Hall–Kier alpha value is -3.30. The molecule has 0 spiro atoms. The maximum Gasteiger partial charge on any atom is 0.401 e. The molecule has 38 heavy (non-hydrogen) atoms. The number of unbranched alkanes of at least 4 members (excludes halogenated alkanes) is 1. The lowest BCUT2D eigenvalue weighted by Crippen LogP contribution is -2.52. The van der Waals surface area contributed by atoms with Gasteiger partial charge in [0, 0.05) is 25.4 Å². The van der Waals surface area contributed by atoms with Crippen LogP contribution >= 0.6 is 0 Å². The lowest BCUT2D eigenvalue weighted by molar-refractivity contribution is -0.133. The number of alkyl halides is 3. The van der Waals surface area contributed by atoms with Crippen molar-refractivity contribution in [1.29, 1.82) is 5.26 Å². The van der Waals surface area contributed by atoms with E-state index >= 15 is 0 Å². The van der Waals surface area contributed by atoms with Crippen LogP contribution in [0, 0.1) is 23.2 Å². The van der Waals surface area contributed by atoms with E-state index in [0.29, 0.717) is 30.6 Å². The number of amides is 2. The topological polar surface area (TPSA) is 140 Å². The number of aliphatic imine (C=N–C) groups is 1. The van der Waals surface area contributed by atoms with Gasteiger partial charge in [0.2, 0.25) is 5.91 Å². The number of anilines is 1. The van der Waals surface area contributed by atoms with E-state index in [2.05, 4.69) is 20.6 Å². The fourth-order valence-electron chi connectivity index (χ4n) is 3.71. The van der Waals surface area contributed by atoms with Crippen molar-refractivity contribution in [2.75, 3.05) is 18.9 Å². The quantitative estimate of drug-likeness (QED) is 0.153. The number of carbonyl (C=O) groups is 2. The molecule has 9 nitrogen and oxygen atoms in total. The Kier molecular flexibility index (Phi) is 14.2. The summed E-state index contributed by atoms with van der Waals surface area (Å²) in [5, 5.41) is 26.5. The minimum absolute atomic E-state index is 0.175. The molecule has 12 heteroatoms. The van der Waals surface area contributed by atoms with Gasteiger partial charge in [0.25, 0.3) is 5.91 Å². The number of nitrogens with zero attached hydrogens (tertiary/aromatic N) is 3. The predicted octanol–water partition coefficient (Wildman–Crippen LogP) is 3.72. The highest BCUT2D eigenvalue weighted by atomic mass is 19.4. The maximum absolute atomic E-state index is 13.0. The van der Waals surface area contributed by atoms with Crippen molar-refractivity contribution in [3.8, 4) is 6.07 Å². The minimum Gasteiger partial charge on any atom is -0.376 e. The molecule has 0 aliphatic carbocycles. The number of aliphatic hydroxyl groups is 1. The second-order valence-electron chi connectivity index (χ2n) is 9.02. The second kappa shape index (κ2) is 16.5. The fraction of sp³-hybridized carbons (Fsp3) is 0.577. The molecule has 1 heterocycles. The number of allylic oxidation sites excluding steroid dienone is 1. The Bertz CT molecular complexity index is 989. The van der Waals surface area contributed by atoms with Gasteiger partial charge >= 0.3 is 6.18 Å². The second-order valence-corrected chi connectivity index (χ2v) is 9.02. The SMILES string of the molecule is CCCCC(NC(=O)/C(C=NC)=C/C(C)C[C@@H](CC)C(=O)Nc1ccc(C#N)cn1)C(O)NCC(F)(F)F. The maximum atomic E-state index is 13.0. The predicted molar refractivity (Wildman–Crippen MR) is 139 cm³/mol. The van der Waals surface area contributed by atoms with Gasteiger partial charge in [0.1, 0.15) is 18.1 Å². The molecular formula is C26H37F3N6O3. The van der Waals surface area contributed by atoms with Gasteiger partial charge < -0.3 is 15.7 Å². The van der Waals surface area contributed by atoms with E-state index in [4.69, 9.17) is 5.26 Å². The number of halogens is 3. The van der Waals surface area contributed by atoms with Crippen LogP contribution in [0.3, 0.4) is 0 Å². The number of hydrogen-bond acceptors (Lipinski definition) is 7. The van der Waals surface area contributed by atoms with Crippen LogP contribution in [-0.4, -0.2) is 60.2 Å². The van der Waals surface area contributed by atoms with Crippen LogP contribution in [0.15, 0.2) is 35.0 Å². The fourth-order valence-corrected chi connectivity index (χ4v) is 3.71. The highest BCUT2D eigenvalue weighted by molar-refractivity contribution is 6.12. The molecule has 1 aromatic heterocycles. The van der Waals surface area contributed by atoms with E-state index in [1.54, 1.807) is 18.2 Å². The largest absolute Gasteiger partial charge is 0.401 e. The molecule has 0 aliphatic rings. The molecule has 0 fully saturated rings. The molecule has 1 rings (SSSR count). The van der Waals surface area contributed by atoms with Gasteiger partial charge in [-0.25, -0.2) is 4.98 Å². The molecule has 0 saturated heterocycles. The zero-order valence-corrected chi connectivity index (χ0v) is 22.2. The lowest BCUT2D eigenvalue weighted by Gasteiger charge is -2.26. The van der Waals surface area contributed by atoms with Crippen LogP contribution in [0.4, 0.5) is 19.0 Å². The van der Waals surface area contributed by atoms with Gasteiger partial charge in [0.15, 0.2) is 0 Å². The lowest BCUT2D eigenvalue weighted by atomic mass is 9.91. The van der Waals surface area contributed by atoms with Crippen LogP contribution in [-0.2, 0) is 9.59 Å². The van der Waals surface area contributed by atoms with E-state index in [1.165, 1.54) is 19.5 Å². The van der Waals surface area contributed by atoms with Crippen LogP contribution in [0.2, 0.25) is 0 Å². The van der Waals surface area contributed by atoms with Crippen LogP contribution < -0.4 is 16.0 Å².